The number of amides is 1. The highest BCUT2D eigenvalue weighted by Gasteiger charge is 2.24. The fourth-order valence-corrected chi connectivity index (χ4v) is 5.43. The Kier molecular flexibility index (Phi) is 9.26. The number of anilines is 1. The number of nitrogens with zero attached hydrogens (tertiary/aromatic N) is 3. The van der Waals surface area contributed by atoms with Crippen molar-refractivity contribution < 1.29 is 17.6 Å². The molecule has 0 fully saturated rings. The van der Waals surface area contributed by atoms with E-state index in [1.54, 1.807) is 11.8 Å². The third-order valence-corrected chi connectivity index (χ3v) is 7.97. The summed E-state index contributed by atoms with van der Waals surface area (Å²) < 4.78 is 33.3. The zero-order valence-electron chi connectivity index (χ0n) is 19.7. The first-order valence-corrected chi connectivity index (χ1v) is 14.0. The molecule has 1 heterocycles. The van der Waals surface area contributed by atoms with Crippen molar-refractivity contribution in [2.45, 2.75) is 49.3 Å². The summed E-state index contributed by atoms with van der Waals surface area (Å²) in [6.07, 6.45) is 5.39. The normalized spacial score (nSPS) is 11.6. The van der Waals surface area contributed by atoms with Gasteiger partial charge in [0, 0.05) is 23.5 Å². The molecule has 182 valence electrons. The van der Waals surface area contributed by atoms with Crippen molar-refractivity contribution >= 4 is 33.7 Å². The first-order valence-electron chi connectivity index (χ1n) is 11.3. The minimum atomic E-state index is -3.62. The first-order chi connectivity index (χ1) is 16.4. The molecule has 8 nitrogen and oxygen atoms in total. The minimum absolute atomic E-state index is 0.0297. The fourth-order valence-electron chi connectivity index (χ4n) is 3.32. The van der Waals surface area contributed by atoms with Gasteiger partial charge < -0.3 is 4.42 Å². The van der Waals surface area contributed by atoms with Crippen LogP contribution < -0.4 is 5.32 Å². The van der Waals surface area contributed by atoms with Gasteiger partial charge in [0.05, 0.1) is 10.5 Å². The summed E-state index contributed by atoms with van der Waals surface area (Å²) >= 11 is 1.56. The number of carbonyl (C=O) groups excluding carboxylic acids is 1. The van der Waals surface area contributed by atoms with Crippen LogP contribution in [0.3, 0.4) is 0 Å². The second kappa shape index (κ2) is 12.1. The third kappa shape index (κ3) is 6.25. The molecular formula is C24H30N4O4S2. The average Bonchev–Trinajstić information content (AvgIpc) is 3.32. The Morgan fingerprint density at radius 2 is 1.65 bits per heavy atom. The standard InChI is InChI=1S/C24H30N4O4S2/c1-4-6-16-28(17-7-5-2)34(30,31)19-14-12-18(13-15-19)22(29)25-24-27-26-23(32-24)20-10-8-9-11-21(20)33-3/h8-15H,4-7,16-17H2,1-3H3,(H,25,27,29). The molecule has 3 aromatic rings. The molecule has 34 heavy (non-hydrogen) atoms. The quantitative estimate of drug-likeness (QED) is 0.335. The van der Waals surface area contributed by atoms with Crippen molar-refractivity contribution in [3.05, 3.63) is 54.1 Å². The van der Waals surface area contributed by atoms with Gasteiger partial charge in [-0.15, -0.1) is 16.9 Å². The van der Waals surface area contributed by atoms with Gasteiger partial charge in [0.1, 0.15) is 0 Å². The highest BCUT2D eigenvalue weighted by Crippen LogP contribution is 2.29. The predicted molar refractivity (Wildman–Crippen MR) is 134 cm³/mol. The summed E-state index contributed by atoms with van der Waals surface area (Å²) in [5, 5.41) is 10.5. The second-order valence-electron chi connectivity index (χ2n) is 7.70. The van der Waals surface area contributed by atoms with Crippen LogP contribution in [-0.4, -0.2) is 48.2 Å². The number of thioether (sulfide) groups is 1. The monoisotopic (exact) mass is 502 g/mol. The van der Waals surface area contributed by atoms with Crippen molar-refractivity contribution in [3.63, 3.8) is 0 Å². The second-order valence-corrected chi connectivity index (χ2v) is 10.5. The topological polar surface area (TPSA) is 105 Å². The Labute approximate surface area is 205 Å². The van der Waals surface area contributed by atoms with E-state index < -0.39 is 15.9 Å². The smallest absolute Gasteiger partial charge is 0.322 e. The summed E-state index contributed by atoms with van der Waals surface area (Å²) in [4.78, 5) is 13.8. The summed E-state index contributed by atoms with van der Waals surface area (Å²) in [5.74, 6) is -0.160. The summed E-state index contributed by atoms with van der Waals surface area (Å²) in [6, 6.07) is 13.5. The molecule has 0 bridgehead atoms. The van der Waals surface area contributed by atoms with Crippen LogP contribution in [0.25, 0.3) is 11.5 Å². The largest absolute Gasteiger partial charge is 0.403 e. The van der Waals surface area contributed by atoms with E-state index in [-0.39, 0.29) is 16.5 Å². The van der Waals surface area contributed by atoms with E-state index in [1.165, 1.54) is 28.6 Å². The molecule has 0 saturated carbocycles. The van der Waals surface area contributed by atoms with Crippen LogP contribution in [0.4, 0.5) is 6.01 Å². The van der Waals surface area contributed by atoms with Crippen molar-refractivity contribution in [1.82, 2.24) is 14.5 Å². The number of aromatic nitrogens is 2. The van der Waals surface area contributed by atoms with Crippen LogP contribution in [0, 0.1) is 0 Å². The minimum Gasteiger partial charge on any atom is -0.403 e. The maximum atomic E-state index is 13.1. The summed E-state index contributed by atoms with van der Waals surface area (Å²) in [7, 11) is -3.62. The highest BCUT2D eigenvalue weighted by atomic mass is 32.2. The Morgan fingerprint density at radius 1 is 1.00 bits per heavy atom. The molecule has 0 radical (unpaired) electrons. The highest BCUT2D eigenvalue weighted by molar-refractivity contribution is 7.98. The molecule has 1 N–H and O–H groups in total. The molecule has 0 aliphatic rings. The molecule has 0 aliphatic heterocycles. The van der Waals surface area contributed by atoms with Crippen LogP contribution in [0.5, 0.6) is 0 Å². The predicted octanol–water partition coefficient (Wildman–Crippen LogP) is 5.30. The number of hydrogen-bond donors (Lipinski definition) is 1. The van der Waals surface area contributed by atoms with Crippen LogP contribution in [0.2, 0.25) is 0 Å². The maximum absolute atomic E-state index is 13.1. The van der Waals surface area contributed by atoms with Gasteiger partial charge in [0.15, 0.2) is 0 Å². The van der Waals surface area contributed by atoms with Crippen molar-refractivity contribution in [3.8, 4) is 11.5 Å². The first kappa shape index (κ1) is 25.9. The fraction of sp³-hybridized carbons (Fsp3) is 0.375. The van der Waals surface area contributed by atoms with Gasteiger partial charge in [-0.1, -0.05) is 43.9 Å². The SMILES string of the molecule is CCCCN(CCCC)S(=O)(=O)c1ccc(C(=O)Nc2nnc(-c3ccccc3SC)o2)cc1. The van der Waals surface area contributed by atoms with Gasteiger partial charge in [0.2, 0.25) is 10.0 Å². The molecular weight excluding hydrogens is 472 g/mol. The van der Waals surface area contributed by atoms with E-state index >= 15 is 0 Å². The van der Waals surface area contributed by atoms with Gasteiger partial charge >= 0.3 is 6.01 Å². The van der Waals surface area contributed by atoms with Crippen molar-refractivity contribution in [1.29, 1.82) is 0 Å². The van der Waals surface area contributed by atoms with Gasteiger partial charge in [-0.25, -0.2) is 8.42 Å². The van der Waals surface area contributed by atoms with E-state index in [2.05, 4.69) is 15.5 Å². The number of unbranched alkanes of at least 4 members (excludes halogenated alkanes) is 2. The molecule has 2 aromatic carbocycles. The zero-order chi connectivity index (χ0) is 24.6. The summed E-state index contributed by atoms with van der Waals surface area (Å²) in [6.45, 7) is 5.04. The Balaban J connectivity index is 1.72. The molecule has 0 unspecified atom stereocenters. The number of carbonyl (C=O) groups is 1. The lowest BCUT2D eigenvalue weighted by Gasteiger charge is -2.22. The van der Waals surface area contributed by atoms with E-state index in [1.807, 2.05) is 44.4 Å². The number of rotatable bonds is 12. The molecule has 10 heteroatoms. The molecule has 0 spiro atoms. The molecule has 0 aliphatic carbocycles. The lowest BCUT2D eigenvalue weighted by Crippen LogP contribution is -2.33. The molecule has 0 atom stereocenters. The van der Waals surface area contributed by atoms with E-state index in [0.29, 0.717) is 19.0 Å². The number of sulfonamides is 1. The van der Waals surface area contributed by atoms with E-state index in [9.17, 15) is 13.2 Å². The van der Waals surface area contributed by atoms with Gasteiger partial charge in [0.25, 0.3) is 11.8 Å². The third-order valence-electron chi connectivity index (χ3n) is 5.26. The van der Waals surface area contributed by atoms with Crippen LogP contribution >= 0.6 is 11.8 Å². The maximum Gasteiger partial charge on any atom is 0.322 e. The van der Waals surface area contributed by atoms with Crippen LogP contribution in [0.1, 0.15) is 49.9 Å². The van der Waals surface area contributed by atoms with Gasteiger partial charge in [-0.05, 0) is 55.5 Å². The molecule has 3 rings (SSSR count). The van der Waals surface area contributed by atoms with Crippen LogP contribution in [0.15, 0.2) is 62.7 Å². The molecule has 1 amide bonds. The molecule has 0 saturated heterocycles. The average molecular weight is 503 g/mol. The summed E-state index contributed by atoms with van der Waals surface area (Å²) in [5.41, 5.74) is 1.07. The van der Waals surface area contributed by atoms with Gasteiger partial charge in [-0.2, -0.15) is 4.31 Å². The lowest BCUT2D eigenvalue weighted by atomic mass is 10.2. The number of benzene rings is 2. The van der Waals surface area contributed by atoms with Gasteiger partial charge in [-0.3, -0.25) is 10.1 Å². The Bertz CT molecular complexity index is 1190. The zero-order valence-corrected chi connectivity index (χ0v) is 21.3. The van der Waals surface area contributed by atoms with Crippen molar-refractivity contribution in [2.75, 3.05) is 24.7 Å². The van der Waals surface area contributed by atoms with Crippen LogP contribution in [-0.2, 0) is 10.0 Å². The van der Waals surface area contributed by atoms with E-state index in [0.717, 1.165) is 36.1 Å². The number of hydrogen-bond acceptors (Lipinski definition) is 7. The van der Waals surface area contributed by atoms with E-state index in [4.69, 9.17) is 4.42 Å². The number of nitrogens with one attached hydrogen (secondary N) is 1. The lowest BCUT2D eigenvalue weighted by molar-refractivity contribution is 0.102. The Morgan fingerprint density at radius 3 is 2.26 bits per heavy atom. The molecule has 1 aromatic heterocycles. The van der Waals surface area contributed by atoms with Crippen molar-refractivity contribution in [2.24, 2.45) is 0 Å². The Hall–Kier alpha value is -2.69.